The van der Waals surface area contributed by atoms with Crippen molar-refractivity contribution in [2.24, 2.45) is 0 Å². The molecule has 27 heavy (non-hydrogen) atoms. The molecule has 2 aromatic rings. The predicted molar refractivity (Wildman–Crippen MR) is 111 cm³/mol. The maximum atomic E-state index is 13.3. The number of likely N-dealkylation sites (N-methyl/N-ethyl adjacent to an activating group) is 1. The quantitative estimate of drug-likeness (QED) is 0.834. The summed E-state index contributed by atoms with van der Waals surface area (Å²) in [5, 5.41) is 2.25. The third-order valence-electron chi connectivity index (χ3n) is 6.64. The highest BCUT2D eigenvalue weighted by molar-refractivity contribution is 6.07. The Morgan fingerprint density at radius 3 is 2.44 bits per heavy atom. The zero-order chi connectivity index (χ0) is 19.0. The predicted octanol–water partition coefficient (Wildman–Crippen LogP) is 3.39. The number of amides is 1. The molecule has 2 heterocycles. The number of likely N-dealkylation sites (tertiary alicyclic amines) is 2. The minimum absolute atomic E-state index is 0.154. The van der Waals surface area contributed by atoms with E-state index < -0.39 is 0 Å². The van der Waals surface area contributed by atoms with E-state index in [9.17, 15) is 4.79 Å². The molecule has 2 aliphatic rings. The summed E-state index contributed by atoms with van der Waals surface area (Å²) in [6.07, 6.45) is 3.59. The number of piperidine rings is 1. The van der Waals surface area contributed by atoms with Gasteiger partial charge in [0, 0.05) is 37.8 Å². The smallest absolute Gasteiger partial charge is 0.254 e. The number of rotatable bonds is 3. The molecule has 0 radical (unpaired) electrons. The van der Waals surface area contributed by atoms with Gasteiger partial charge in [-0.3, -0.25) is 9.69 Å². The van der Waals surface area contributed by atoms with Crippen LogP contribution >= 0.6 is 0 Å². The summed E-state index contributed by atoms with van der Waals surface area (Å²) < 4.78 is 0. The molecule has 2 aliphatic heterocycles. The number of nitrogens with zero attached hydrogens (tertiary/aromatic N) is 3. The van der Waals surface area contributed by atoms with Crippen LogP contribution in [0, 0.1) is 6.92 Å². The number of fused-ring (bicyclic) bond motifs is 1. The van der Waals surface area contributed by atoms with Crippen molar-refractivity contribution in [3.8, 4) is 0 Å². The number of hydrogen-bond donors (Lipinski definition) is 0. The Kier molecular flexibility index (Phi) is 5.20. The Balaban J connectivity index is 1.48. The molecule has 0 N–H and O–H groups in total. The van der Waals surface area contributed by atoms with E-state index in [0.29, 0.717) is 12.1 Å². The summed E-state index contributed by atoms with van der Waals surface area (Å²) in [5.74, 6) is 0.154. The Labute approximate surface area is 162 Å². The van der Waals surface area contributed by atoms with Crippen LogP contribution in [0.25, 0.3) is 10.8 Å². The van der Waals surface area contributed by atoms with Crippen LogP contribution < -0.4 is 0 Å². The topological polar surface area (TPSA) is 26.8 Å². The van der Waals surface area contributed by atoms with Gasteiger partial charge < -0.3 is 9.80 Å². The highest BCUT2D eigenvalue weighted by atomic mass is 16.2. The summed E-state index contributed by atoms with van der Waals surface area (Å²) in [6.45, 7) is 6.62. The molecule has 144 valence electrons. The summed E-state index contributed by atoms with van der Waals surface area (Å²) in [5.41, 5.74) is 2.05. The molecule has 0 aliphatic carbocycles. The zero-order valence-electron chi connectivity index (χ0n) is 16.8. The van der Waals surface area contributed by atoms with Crippen molar-refractivity contribution in [3.63, 3.8) is 0 Å². The van der Waals surface area contributed by atoms with Crippen molar-refractivity contribution >= 4 is 16.7 Å². The lowest BCUT2D eigenvalue weighted by Gasteiger charge is -2.35. The largest absolute Gasteiger partial charge is 0.337 e. The molecule has 4 nitrogen and oxygen atoms in total. The van der Waals surface area contributed by atoms with Crippen molar-refractivity contribution in [3.05, 3.63) is 47.5 Å². The normalized spacial score (nSPS) is 22.4. The molecule has 4 rings (SSSR count). The van der Waals surface area contributed by atoms with Gasteiger partial charge in [-0.25, -0.2) is 0 Å². The summed E-state index contributed by atoms with van der Waals surface area (Å²) in [4.78, 5) is 20.3. The fraction of sp³-hybridized carbons (Fsp3) is 0.522. The SMILES string of the molecule is Cc1ccc(C(=O)N(C)C2CCN(C3CCN(C)CC3)C2)c2ccccc12. The van der Waals surface area contributed by atoms with Gasteiger partial charge in [0.15, 0.2) is 0 Å². The van der Waals surface area contributed by atoms with Gasteiger partial charge in [-0.15, -0.1) is 0 Å². The third kappa shape index (κ3) is 3.61. The average molecular weight is 366 g/mol. The van der Waals surface area contributed by atoms with Gasteiger partial charge in [-0.2, -0.15) is 0 Å². The second-order valence-corrected chi connectivity index (χ2v) is 8.36. The van der Waals surface area contributed by atoms with E-state index in [1.807, 2.05) is 30.1 Å². The van der Waals surface area contributed by atoms with Crippen LogP contribution in [-0.2, 0) is 0 Å². The highest BCUT2D eigenvalue weighted by Crippen LogP contribution is 2.27. The van der Waals surface area contributed by atoms with Crippen LogP contribution in [0.2, 0.25) is 0 Å². The number of carbonyl (C=O) groups excluding carboxylic acids is 1. The van der Waals surface area contributed by atoms with E-state index in [4.69, 9.17) is 0 Å². The van der Waals surface area contributed by atoms with E-state index >= 15 is 0 Å². The molecule has 2 aromatic carbocycles. The van der Waals surface area contributed by atoms with Gasteiger partial charge in [0.1, 0.15) is 0 Å². The molecule has 1 amide bonds. The summed E-state index contributed by atoms with van der Waals surface area (Å²) in [6, 6.07) is 13.3. The molecular formula is C23H31N3O. The Hall–Kier alpha value is -1.91. The lowest BCUT2D eigenvalue weighted by atomic mass is 9.99. The van der Waals surface area contributed by atoms with Gasteiger partial charge in [-0.05, 0) is 68.7 Å². The second kappa shape index (κ2) is 7.61. The molecule has 1 atom stereocenters. The Morgan fingerprint density at radius 1 is 1.00 bits per heavy atom. The summed E-state index contributed by atoms with van der Waals surface area (Å²) in [7, 11) is 4.20. The number of aryl methyl sites for hydroxylation is 1. The molecule has 0 aromatic heterocycles. The minimum Gasteiger partial charge on any atom is -0.337 e. The third-order valence-corrected chi connectivity index (χ3v) is 6.64. The van der Waals surface area contributed by atoms with Crippen LogP contribution in [0.4, 0.5) is 0 Å². The molecule has 0 spiro atoms. The number of carbonyl (C=O) groups is 1. The van der Waals surface area contributed by atoms with Crippen molar-refractivity contribution < 1.29 is 4.79 Å². The monoisotopic (exact) mass is 365 g/mol. The Morgan fingerprint density at radius 2 is 1.70 bits per heavy atom. The van der Waals surface area contributed by atoms with E-state index in [-0.39, 0.29) is 5.91 Å². The number of hydrogen-bond acceptors (Lipinski definition) is 3. The van der Waals surface area contributed by atoms with Gasteiger partial charge in [-0.1, -0.05) is 30.3 Å². The standard InChI is InChI=1S/C23H31N3O/c1-17-8-9-22(21-7-5-4-6-20(17)21)23(27)25(3)19-12-15-26(16-19)18-10-13-24(2)14-11-18/h4-9,18-19H,10-16H2,1-3H3. The Bertz CT molecular complexity index is 825. The molecule has 1 unspecified atom stereocenters. The minimum atomic E-state index is 0.154. The van der Waals surface area contributed by atoms with Crippen molar-refractivity contribution in [1.29, 1.82) is 0 Å². The lowest BCUT2D eigenvalue weighted by molar-refractivity contribution is 0.0723. The summed E-state index contributed by atoms with van der Waals surface area (Å²) >= 11 is 0. The van der Waals surface area contributed by atoms with Gasteiger partial charge in [0.05, 0.1) is 0 Å². The molecule has 2 fully saturated rings. The van der Waals surface area contributed by atoms with E-state index in [1.54, 1.807) is 0 Å². The van der Waals surface area contributed by atoms with E-state index in [1.165, 1.54) is 36.9 Å². The number of benzene rings is 2. The molecule has 2 saturated heterocycles. The van der Waals surface area contributed by atoms with Crippen LogP contribution in [-0.4, -0.2) is 73.0 Å². The first-order chi connectivity index (χ1) is 13.0. The first-order valence-electron chi connectivity index (χ1n) is 10.2. The van der Waals surface area contributed by atoms with Gasteiger partial charge in [0.25, 0.3) is 5.91 Å². The maximum absolute atomic E-state index is 13.3. The van der Waals surface area contributed by atoms with Crippen LogP contribution in [0.3, 0.4) is 0 Å². The van der Waals surface area contributed by atoms with E-state index in [2.05, 4.69) is 42.0 Å². The van der Waals surface area contributed by atoms with Gasteiger partial charge in [0.2, 0.25) is 0 Å². The van der Waals surface area contributed by atoms with Crippen molar-refractivity contribution in [2.45, 2.75) is 38.3 Å². The maximum Gasteiger partial charge on any atom is 0.254 e. The van der Waals surface area contributed by atoms with Gasteiger partial charge >= 0.3 is 0 Å². The zero-order valence-corrected chi connectivity index (χ0v) is 16.8. The first-order valence-corrected chi connectivity index (χ1v) is 10.2. The van der Waals surface area contributed by atoms with Crippen LogP contribution in [0.5, 0.6) is 0 Å². The fourth-order valence-electron chi connectivity index (χ4n) is 4.77. The first kappa shape index (κ1) is 18.5. The average Bonchev–Trinajstić information content (AvgIpc) is 3.18. The van der Waals surface area contributed by atoms with E-state index in [0.717, 1.165) is 30.5 Å². The van der Waals surface area contributed by atoms with Crippen LogP contribution in [0.1, 0.15) is 35.2 Å². The fourth-order valence-corrected chi connectivity index (χ4v) is 4.77. The van der Waals surface area contributed by atoms with Crippen molar-refractivity contribution in [1.82, 2.24) is 14.7 Å². The van der Waals surface area contributed by atoms with Crippen LogP contribution in [0.15, 0.2) is 36.4 Å². The molecular weight excluding hydrogens is 334 g/mol. The second-order valence-electron chi connectivity index (χ2n) is 8.36. The highest BCUT2D eigenvalue weighted by Gasteiger charge is 2.33. The molecule has 4 heteroatoms. The molecule has 0 saturated carbocycles. The van der Waals surface area contributed by atoms with Crippen molar-refractivity contribution in [2.75, 3.05) is 40.3 Å². The molecule has 0 bridgehead atoms. The lowest BCUT2D eigenvalue weighted by Crippen LogP contribution is -2.45.